The first-order valence-electron chi connectivity index (χ1n) is 11.1. The molecule has 1 aromatic heterocycles. The number of hydrogen-bond donors (Lipinski definition) is 2. The lowest BCUT2D eigenvalue weighted by Gasteiger charge is -2.15. The lowest BCUT2D eigenvalue weighted by molar-refractivity contribution is -0.641. The molecule has 6 nitrogen and oxygen atoms in total. The monoisotopic (exact) mass is 442 g/mol. The minimum atomic E-state index is -0.419. The number of nitrogens with two attached hydrogens (primary N) is 1. The van der Waals surface area contributed by atoms with Gasteiger partial charge in [-0.2, -0.15) is 4.57 Å². The van der Waals surface area contributed by atoms with Gasteiger partial charge in [-0.05, 0) is 56.2 Å². The van der Waals surface area contributed by atoms with E-state index < -0.39 is 5.97 Å². The molecule has 4 aromatic rings. The molecule has 0 fully saturated rings. The normalized spacial score (nSPS) is 11.0. The second-order valence-corrected chi connectivity index (χ2v) is 8.03. The molecule has 1 heterocycles. The van der Waals surface area contributed by atoms with Crippen molar-refractivity contribution in [1.29, 1.82) is 0 Å². The van der Waals surface area contributed by atoms with E-state index in [4.69, 9.17) is 10.5 Å². The van der Waals surface area contributed by atoms with Gasteiger partial charge in [0.25, 0.3) is 5.91 Å². The van der Waals surface area contributed by atoms with Crippen LogP contribution in [0.2, 0.25) is 0 Å². The van der Waals surface area contributed by atoms with Gasteiger partial charge in [0, 0.05) is 30.8 Å². The van der Waals surface area contributed by atoms with Gasteiger partial charge in [0.1, 0.15) is 12.3 Å². The molecule has 4 rings (SSSR count). The van der Waals surface area contributed by atoms with E-state index in [0.717, 1.165) is 39.5 Å². The van der Waals surface area contributed by atoms with Crippen LogP contribution in [0, 0.1) is 13.8 Å². The van der Waals surface area contributed by atoms with Crippen molar-refractivity contribution in [2.75, 3.05) is 13.1 Å². The van der Waals surface area contributed by atoms with Crippen LogP contribution >= 0.6 is 0 Å². The van der Waals surface area contributed by atoms with Gasteiger partial charge in [-0.15, -0.1) is 0 Å². The summed E-state index contributed by atoms with van der Waals surface area (Å²) in [6.45, 7) is 7.32. The molecule has 0 aliphatic carbocycles. The number of rotatable bonds is 6. The third kappa shape index (κ3) is 4.17. The molecule has 1 amide bonds. The van der Waals surface area contributed by atoms with E-state index in [-0.39, 0.29) is 5.91 Å². The molecule has 0 unspecified atom stereocenters. The number of para-hydroxylation sites is 2. The molecule has 0 saturated carbocycles. The molecule has 3 aromatic carbocycles. The van der Waals surface area contributed by atoms with Gasteiger partial charge in [0.2, 0.25) is 11.0 Å². The highest BCUT2D eigenvalue weighted by Crippen LogP contribution is 2.30. The lowest BCUT2D eigenvalue weighted by Crippen LogP contribution is -2.35. The first-order chi connectivity index (χ1) is 16.0. The van der Waals surface area contributed by atoms with Crippen molar-refractivity contribution in [3.05, 3.63) is 82.9 Å². The highest BCUT2D eigenvalue weighted by molar-refractivity contribution is 6.13. The topological polar surface area (TPSA) is 85.3 Å². The Hall–Kier alpha value is -3.77. The molecule has 168 valence electrons. The first kappa shape index (κ1) is 22.4. The fraction of sp³-hybridized carbons (Fsp3) is 0.222. The van der Waals surface area contributed by atoms with Gasteiger partial charge >= 0.3 is 5.97 Å². The molecule has 0 aliphatic rings. The van der Waals surface area contributed by atoms with E-state index in [1.807, 2.05) is 62.4 Å². The van der Waals surface area contributed by atoms with Crippen molar-refractivity contribution >= 4 is 33.7 Å². The van der Waals surface area contributed by atoms with E-state index in [2.05, 4.69) is 16.8 Å². The number of ether oxygens (including phenoxy) is 1. The molecule has 33 heavy (non-hydrogen) atoms. The third-order valence-corrected chi connectivity index (χ3v) is 5.80. The predicted molar refractivity (Wildman–Crippen MR) is 130 cm³/mol. The summed E-state index contributed by atoms with van der Waals surface area (Å²) >= 11 is 0. The summed E-state index contributed by atoms with van der Waals surface area (Å²) in [4.78, 5) is 25.9. The molecule has 3 N–H and O–H groups in total. The number of benzene rings is 3. The van der Waals surface area contributed by atoms with E-state index in [1.165, 1.54) is 0 Å². The fourth-order valence-electron chi connectivity index (χ4n) is 4.35. The first-order valence-corrected chi connectivity index (χ1v) is 11.1. The number of nitrogens with one attached hydrogen (secondary N) is 1. The highest BCUT2D eigenvalue weighted by atomic mass is 16.5. The molecule has 0 aliphatic heterocycles. The van der Waals surface area contributed by atoms with Crippen molar-refractivity contribution in [2.24, 2.45) is 5.73 Å². The van der Waals surface area contributed by atoms with Crippen LogP contribution in [0.25, 0.3) is 21.8 Å². The van der Waals surface area contributed by atoms with Crippen LogP contribution in [-0.4, -0.2) is 25.0 Å². The van der Waals surface area contributed by atoms with Gasteiger partial charge < -0.3 is 15.8 Å². The molecule has 0 spiro atoms. The van der Waals surface area contributed by atoms with E-state index >= 15 is 0 Å². The standard InChI is InChI=1S/C27H27N3O3/c1-4-30-22-11-7-5-9-20(22)24(21-10-6-8-12-23(21)30)27(32)33-25-17(2)15-19(16-18(25)3)26(31)29-14-13-28/h5-12,15-16H,4,13-14,28H2,1-3H3/p+1. The molecule has 6 heteroatoms. The Labute approximate surface area is 193 Å². The van der Waals surface area contributed by atoms with E-state index in [9.17, 15) is 9.59 Å². The smallest absolute Gasteiger partial charge is 0.345 e. The molecule has 0 saturated heterocycles. The number of nitrogens with zero attached hydrogens (tertiary/aromatic N) is 1. The average Bonchev–Trinajstić information content (AvgIpc) is 2.82. The van der Waals surface area contributed by atoms with Crippen molar-refractivity contribution in [3.8, 4) is 5.75 Å². The van der Waals surface area contributed by atoms with Crippen molar-refractivity contribution in [3.63, 3.8) is 0 Å². The number of carbonyl (C=O) groups is 2. The van der Waals surface area contributed by atoms with Crippen LogP contribution in [0.15, 0.2) is 60.7 Å². The van der Waals surface area contributed by atoms with Gasteiger partial charge in [-0.3, -0.25) is 4.79 Å². The predicted octanol–water partition coefficient (Wildman–Crippen LogP) is 3.82. The summed E-state index contributed by atoms with van der Waals surface area (Å²) in [7, 11) is 0. The van der Waals surface area contributed by atoms with Crippen LogP contribution in [0.4, 0.5) is 0 Å². The second kappa shape index (κ2) is 9.38. The maximum atomic E-state index is 13.6. The molecule has 0 bridgehead atoms. The van der Waals surface area contributed by atoms with Crippen LogP contribution < -0.4 is 20.4 Å². The quantitative estimate of drug-likeness (QED) is 0.206. The van der Waals surface area contributed by atoms with Gasteiger partial charge in [-0.25, -0.2) is 4.79 Å². The number of esters is 1. The van der Waals surface area contributed by atoms with Gasteiger partial charge in [0.05, 0.1) is 16.3 Å². The minimum Gasteiger partial charge on any atom is -0.422 e. The summed E-state index contributed by atoms with van der Waals surface area (Å²) in [5.74, 6) is -0.151. The average molecular weight is 443 g/mol. The number of fused-ring (bicyclic) bond motifs is 2. The van der Waals surface area contributed by atoms with Crippen LogP contribution in [-0.2, 0) is 6.54 Å². The minimum absolute atomic E-state index is 0.200. The maximum Gasteiger partial charge on any atom is 0.345 e. The van der Waals surface area contributed by atoms with Crippen molar-refractivity contribution < 1.29 is 18.9 Å². The summed E-state index contributed by atoms with van der Waals surface area (Å²) in [6, 6.07) is 19.2. The summed E-state index contributed by atoms with van der Waals surface area (Å²) in [5, 5.41) is 4.45. The van der Waals surface area contributed by atoms with E-state index in [1.54, 1.807) is 12.1 Å². The SMILES string of the molecule is CC[n+]1c2ccccc2c(C(=O)Oc2c(C)cc(C(=O)NCCN)cc2C)c2ccccc21. The van der Waals surface area contributed by atoms with Crippen LogP contribution in [0.1, 0.15) is 38.8 Å². The van der Waals surface area contributed by atoms with Crippen molar-refractivity contribution in [2.45, 2.75) is 27.3 Å². The van der Waals surface area contributed by atoms with Gasteiger partial charge in [-0.1, -0.05) is 24.3 Å². The highest BCUT2D eigenvalue weighted by Gasteiger charge is 2.25. The number of carbonyl (C=O) groups excluding carboxylic acids is 2. The molecular formula is C27H28N3O3+. The molecule has 0 atom stereocenters. The Morgan fingerprint density at radius 1 is 0.939 bits per heavy atom. The molecular weight excluding hydrogens is 414 g/mol. The summed E-state index contributed by atoms with van der Waals surface area (Å²) in [6.07, 6.45) is 0. The maximum absolute atomic E-state index is 13.6. The Balaban J connectivity index is 1.80. The zero-order valence-electron chi connectivity index (χ0n) is 19.1. The summed E-state index contributed by atoms with van der Waals surface area (Å²) in [5.41, 5.74) is 9.91. The van der Waals surface area contributed by atoms with Crippen molar-refractivity contribution in [1.82, 2.24) is 5.32 Å². The Kier molecular flexibility index (Phi) is 6.38. The third-order valence-electron chi connectivity index (χ3n) is 5.80. The van der Waals surface area contributed by atoms with Crippen LogP contribution in [0.5, 0.6) is 5.75 Å². The molecule has 0 radical (unpaired) electrons. The number of aromatic nitrogens is 1. The Morgan fingerprint density at radius 3 is 2.00 bits per heavy atom. The summed E-state index contributed by atoms with van der Waals surface area (Å²) < 4.78 is 8.17. The number of pyridine rings is 1. The Bertz CT molecular complexity index is 1300. The zero-order valence-corrected chi connectivity index (χ0v) is 19.1. The largest absolute Gasteiger partial charge is 0.422 e. The zero-order chi connectivity index (χ0) is 23.5. The lowest BCUT2D eigenvalue weighted by atomic mass is 10.0. The van der Waals surface area contributed by atoms with Crippen LogP contribution in [0.3, 0.4) is 0 Å². The van der Waals surface area contributed by atoms with Gasteiger partial charge in [0.15, 0.2) is 0 Å². The second-order valence-electron chi connectivity index (χ2n) is 8.03. The fourth-order valence-corrected chi connectivity index (χ4v) is 4.35. The number of aryl methyl sites for hydroxylation is 3. The Morgan fingerprint density at radius 2 is 1.48 bits per heavy atom. The number of amides is 1. The number of hydrogen-bond acceptors (Lipinski definition) is 4. The van der Waals surface area contributed by atoms with E-state index in [0.29, 0.717) is 30.0 Å².